The van der Waals surface area contributed by atoms with E-state index in [0.717, 1.165) is 26.1 Å². The highest BCUT2D eigenvalue weighted by Crippen LogP contribution is 2.14. The van der Waals surface area contributed by atoms with Gasteiger partial charge in [0.15, 0.2) is 0 Å². The maximum atomic E-state index is 12.2. The first-order valence-electron chi connectivity index (χ1n) is 8.12. The fraction of sp³-hybridized carbons (Fsp3) is 0.529. The summed E-state index contributed by atoms with van der Waals surface area (Å²) in [4.78, 5) is 27.6. The third-order valence-electron chi connectivity index (χ3n) is 4.30. The molecule has 2 rings (SSSR count). The van der Waals surface area contributed by atoms with Crippen LogP contribution in [0.15, 0.2) is 30.3 Å². The zero-order chi connectivity index (χ0) is 16.7. The zero-order valence-electron chi connectivity index (χ0n) is 14.5. The van der Waals surface area contributed by atoms with Crippen molar-refractivity contribution in [3.8, 4) is 0 Å². The van der Waals surface area contributed by atoms with Gasteiger partial charge >= 0.3 is 0 Å². The van der Waals surface area contributed by atoms with E-state index < -0.39 is 0 Å². The predicted octanol–water partition coefficient (Wildman–Crippen LogP) is 1.03. The average molecular weight is 391 g/mol. The van der Waals surface area contributed by atoms with Gasteiger partial charge in [-0.05, 0) is 18.9 Å². The molecule has 1 unspecified atom stereocenters. The topological polar surface area (TPSA) is 78.7 Å². The molecule has 25 heavy (non-hydrogen) atoms. The molecule has 0 aromatic heterocycles. The van der Waals surface area contributed by atoms with E-state index in [9.17, 15) is 9.59 Å². The Hall–Kier alpha value is -1.34. The van der Waals surface area contributed by atoms with E-state index in [4.69, 9.17) is 5.73 Å². The Bertz CT molecular complexity index is 531. The molecule has 0 spiro atoms. The van der Waals surface area contributed by atoms with Crippen molar-refractivity contribution in [1.29, 1.82) is 0 Å². The Morgan fingerprint density at radius 3 is 2.48 bits per heavy atom. The Labute approximate surface area is 161 Å². The summed E-state index contributed by atoms with van der Waals surface area (Å²) in [6.45, 7) is 5.30. The van der Waals surface area contributed by atoms with Crippen molar-refractivity contribution in [3.05, 3.63) is 35.9 Å². The van der Waals surface area contributed by atoms with Gasteiger partial charge in [-0.1, -0.05) is 30.3 Å². The number of hydrogen-bond acceptors (Lipinski definition) is 4. The van der Waals surface area contributed by atoms with Gasteiger partial charge in [0, 0.05) is 32.2 Å². The van der Waals surface area contributed by atoms with Crippen LogP contribution in [0.2, 0.25) is 0 Å². The number of rotatable bonds is 5. The van der Waals surface area contributed by atoms with Crippen LogP contribution in [0.3, 0.4) is 0 Å². The van der Waals surface area contributed by atoms with Gasteiger partial charge in [0.2, 0.25) is 11.8 Å². The van der Waals surface area contributed by atoms with Crippen molar-refractivity contribution in [3.63, 3.8) is 0 Å². The summed E-state index contributed by atoms with van der Waals surface area (Å²) >= 11 is 0. The van der Waals surface area contributed by atoms with Crippen molar-refractivity contribution < 1.29 is 9.59 Å². The molecule has 1 atom stereocenters. The SMILES string of the molecule is CC1CCN(C(=O)CNC(=O)CN)CCN1Cc1ccccc1.Cl.Cl. The van der Waals surface area contributed by atoms with E-state index in [1.54, 1.807) is 0 Å². The molecular formula is C17H28Cl2N4O2. The Balaban J connectivity index is 0.00000288. The standard InChI is InChI=1S/C17H26N4O2.2ClH/c1-14-7-8-20(17(23)12-19-16(22)11-18)9-10-21(14)13-15-5-3-2-4-6-15;;/h2-6,14H,7-13,18H2,1H3,(H,19,22);2*1H. The molecule has 0 bridgehead atoms. The Kier molecular flexibility index (Phi) is 11.4. The number of nitrogens with one attached hydrogen (secondary N) is 1. The summed E-state index contributed by atoms with van der Waals surface area (Å²) in [5, 5.41) is 2.54. The Morgan fingerprint density at radius 2 is 1.84 bits per heavy atom. The number of carbonyl (C=O) groups is 2. The first-order valence-corrected chi connectivity index (χ1v) is 8.12. The fourth-order valence-corrected chi connectivity index (χ4v) is 2.77. The molecule has 0 aliphatic carbocycles. The molecule has 1 fully saturated rings. The van der Waals surface area contributed by atoms with Crippen LogP contribution >= 0.6 is 24.8 Å². The zero-order valence-corrected chi connectivity index (χ0v) is 16.2. The second kappa shape index (κ2) is 12.1. The smallest absolute Gasteiger partial charge is 0.242 e. The summed E-state index contributed by atoms with van der Waals surface area (Å²) in [6.07, 6.45) is 0.934. The van der Waals surface area contributed by atoms with Crippen molar-refractivity contribution in [2.45, 2.75) is 25.9 Å². The number of nitrogens with zero attached hydrogens (tertiary/aromatic N) is 2. The second-order valence-electron chi connectivity index (χ2n) is 5.96. The van der Waals surface area contributed by atoms with Crippen LogP contribution < -0.4 is 11.1 Å². The summed E-state index contributed by atoms with van der Waals surface area (Å²) in [5.41, 5.74) is 6.51. The molecule has 1 aliphatic rings. The number of halogens is 2. The van der Waals surface area contributed by atoms with Crippen LogP contribution in [0.1, 0.15) is 18.9 Å². The molecule has 1 aromatic carbocycles. The van der Waals surface area contributed by atoms with Crippen molar-refractivity contribution in [1.82, 2.24) is 15.1 Å². The fourth-order valence-electron chi connectivity index (χ4n) is 2.77. The lowest BCUT2D eigenvalue weighted by atomic mass is 10.1. The van der Waals surface area contributed by atoms with Crippen molar-refractivity contribution in [2.75, 3.05) is 32.7 Å². The van der Waals surface area contributed by atoms with E-state index in [0.29, 0.717) is 12.6 Å². The monoisotopic (exact) mass is 390 g/mol. The lowest BCUT2D eigenvalue weighted by Gasteiger charge is -2.26. The molecule has 142 valence electrons. The lowest BCUT2D eigenvalue weighted by Crippen LogP contribution is -2.43. The van der Waals surface area contributed by atoms with E-state index in [2.05, 4.69) is 29.3 Å². The summed E-state index contributed by atoms with van der Waals surface area (Å²) in [6, 6.07) is 10.8. The van der Waals surface area contributed by atoms with E-state index in [-0.39, 0.29) is 49.7 Å². The van der Waals surface area contributed by atoms with Gasteiger partial charge in [-0.15, -0.1) is 24.8 Å². The van der Waals surface area contributed by atoms with Gasteiger partial charge in [-0.25, -0.2) is 0 Å². The van der Waals surface area contributed by atoms with Crippen LogP contribution in [-0.2, 0) is 16.1 Å². The quantitative estimate of drug-likeness (QED) is 0.786. The van der Waals surface area contributed by atoms with Crippen LogP contribution in [0.5, 0.6) is 0 Å². The minimum absolute atomic E-state index is 0. The van der Waals surface area contributed by atoms with Crippen molar-refractivity contribution >= 4 is 36.6 Å². The number of hydrogen-bond donors (Lipinski definition) is 2. The summed E-state index contributed by atoms with van der Waals surface area (Å²) in [5.74, 6) is -0.340. The van der Waals surface area contributed by atoms with Gasteiger partial charge < -0.3 is 16.0 Å². The summed E-state index contributed by atoms with van der Waals surface area (Å²) in [7, 11) is 0. The van der Waals surface area contributed by atoms with Crippen molar-refractivity contribution in [2.24, 2.45) is 5.73 Å². The minimum Gasteiger partial charge on any atom is -0.346 e. The number of amides is 2. The molecular weight excluding hydrogens is 363 g/mol. The van der Waals surface area contributed by atoms with E-state index >= 15 is 0 Å². The third-order valence-corrected chi connectivity index (χ3v) is 4.30. The number of carbonyl (C=O) groups excluding carboxylic acids is 2. The molecule has 1 heterocycles. The molecule has 0 radical (unpaired) electrons. The highest BCUT2D eigenvalue weighted by molar-refractivity contribution is 5.86. The molecule has 2 amide bonds. The van der Waals surface area contributed by atoms with E-state index in [1.807, 2.05) is 23.1 Å². The highest BCUT2D eigenvalue weighted by Gasteiger charge is 2.23. The van der Waals surface area contributed by atoms with Gasteiger partial charge in [-0.2, -0.15) is 0 Å². The maximum Gasteiger partial charge on any atom is 0.242 e. The van der Waals surface area contributed by atoms with E-state index in [1.165, 1.54) is 5.56 Å². The maximum absolute atomic E-state index is 12.2. The molecule has 1 aromatic rings. The molecule has 3 N–H and O–H groups in total. The van der Waals surface area contributed by atoms with Gasteiger partial charge in [0.25, 0.3) is 0 Å². The van der Waals surface area contributed by atoms with Gasteiger partial charge in [0.05, 0.1) is 13.1 Å². The van der Waals surface area contributed by atoms with Crippen LogP contribution in [-0.4, -0.2) is 60.4 Å². The third kappa shape index (κ3) is 7.61. The number of nitrogens with two attached hydrogens (primary N) is 1. The Morgan fingerprint density at radius 1 is 1.16 bits per heavy atom. The molecule has 6 nitrogen and oxygen atoms in total. The first-order chi connectivity index (χ1) is 11.1. The number of benzene rings is 1. The highest BCUT2D eigenvalue weighted by atomic mass is 35.5. The first kappa shape index (κ1) is 23.7. The minimum atomic E-state index is -0.299. The second-order valence-corrected chi connectivity index (χ2v) is 5.96. The van der Waals surface area contributed by atoms with Crippen LogP contribution in [0, 0.1) is 0 Å². The normalized spacial score (nSPS) is 17.7. The molecule has 1 aliphatic heterocycles. The van der Waals surface area contributed by atoms with Gasteiger partial charge in [-0.3, -0.25) is 14.5 Å². The van der Waals surface area contributed by atoms with Gasteiger partial charge in [0.1, 0.15) is 0 Å². The lowest BCUT2D eigenvalue weighted by molar-refractivity contribution is -0.132. The molecule has 1 saturated heterocycles. The average Bonchev–Trinajstić information content (AvgIpc) is 2.76. The summed E-state index contributed by atoms with van der Waals surface area (Å²) < 4.78 is 0. The molecule has 8 heteroatoms. The van der Waals surface area contributed by atoms with Crippen LogP contribution in [0.4, 0.5) is 0 Å². The van der Waals surface area contributed by atoms with Crippen LogP contribution in [0.25, 0.3) is 0 Å². The largest absolute Gasteiger partial charge is 0.346 e. The molecule has 0 saturated carbocycles. The predicted molar refractivity (Wildman–Crippen MR) is 104 cm³/mol.